The van der Waals surface area contributed by atoms with E-state index >= 15 is 0 Å². The molecule has 4 rings (SSSR count). The van der Waals surface area contributed by atoms with Crippen LogP contribution in [0.4, 0.5) is 4.39 Å². The molecule has 1 unspecified atom stereocenters. The zero-order valence-corrected chi connectivity index (χ0v) is 22.1. The fraction of sp³-hybridized carbons (Fsp3) is 0.333. The second-order valence-electron chi connectivity index (χ2n) is 9.85. The topological polar surface area (TPSA) is 61.7 Å². The van der Waals surface area contributed by atoms with Gasteiger partial charge in [-0.1, -0.05) is 74.2 Å². The number of hydrogen-bond acceptors (Lipinski definition) is 4. The molecule has 1 heterocycles. The number of alkyl halides is 1. The van der Waals surface area contributed by atoms with Crippen LogP contribution in [0, 0.1) is 0 Å². The highest BCUT2D eigenvalue weighted by atomic mass is 19.1. The molecule has 0 fully saturated rings. The molecule has 0 saturated carbocycles. The van der Waals surface area contributed by atoms with Gasteiger partial charge in [0.05, 0.1) is 6.67 Å². The minimum absolute atomic E-state index is 0.191. The Morgan fingerprint density at radius 2 is 1.61 bits per heavy atom. The second-order valence-corrected chi connectivity index (χ2v) is 9.85. The van der Waals surface area contributed by atoms with E-state index in [0.717, 1.165) is 71.5 Å². The predicted octanol–water partition coefficient (Wildman–Crippen LogP) is 8.08. The Labute approximate surface area is 225 Å². The van der Waals surface area contributed by atoms with Crippen LogP contribution in [0.1, 0.15) is 73.8 Å². The van der Waals surface area contributed by atoms with E-state index in [1.54, 1.807) is 30.3 Å². The van der Waals surface area contributed by atoms with E-state index in [4.69, 9.17) is 4.74 Å². The number of fused-ring (bicyclic) bond motifs is 1. The van der Waals surface area contributed by atoms with Crippen LogP contribution in [0.25, 0.3) is 17.2 Å². The summed E-state index contributed by atoms with van der Waals surface area (Å²) in [6.07, 6.45) is 10.3. The fourth-order valence-electron chi connectivity index (χ4n) is 4.93. The quantitative estimate of drug-likeness (QED) is 0.201. The maximum absolute atomic E-state index is 12.1. The molecule has 0 saturated heterocycles. The van der Waals surface area contributed by atoms with Crippen molar-refractivity contribution in [3.63, 3.8) is 0 Å². The molecule has 5 heteroatoms. The normalized spacial score (nSPS) is 15.1. The van der Waals surface area contributed by atoms with Crippen LogP contribution in [0.3, 0.4) is 0 Å². The Balaban J connectivity index is 1.40. The maximum Gasteiger partial charge on any atom is 0.150 e. The molecule has 3 aromatic carbocycles. The third-order valence-corrected chi connectivity index (χ3v) is 6.98. The highest BCUT2D eigenvalue weighted by Crippen LogP contribution is 2.47. The lowest BCUT2D eigenvalue weighted by Crippen LogP contribution is -2.16. The Kier molecular flexibility index (Phi) is 9.99. The summed E-state index contributed by atoms with van der Waals surface area (Å²) in [4.78, 5) is 0. The van der Waals surface area contributed by atoms with Crippen LogP contribution < -0.4 is 10.1 Å². The van der Waals surface area contributed by atoms with E-state index in [9.17, 15) is 14.6 Å². The van der Waals surface area contributed by atoms with Gasteiger partial charge < -0.3 is 20.3 Å². The monoisotopic (exact) mass is 515 g/mol. The van der Waals surface area contributed by atoms with Gasteiger partial charge in [0, 0.05) is 17.7 Å². The number of phenols is 2. The van der Waals surface area contributed by atoms with Crippen molar-refractivity contribution in [1.82, 2.24) is 5.32 Å². The second kappa shape index (κ2) is 13.8. The highest BCUT2D eigenvalue weighted by Gasteiger charge is 2.29. The molecular weight excluding hydrogens is 477 g/mol. The third-order valence-electron chi connectivity index (χ3n) is 6.98. The van der Waals surface area contributed by atoms with E-state index < -0.39 is 0 Å². The van der Waals surface area contributed by atoms with Crippen molar-refractivity contribution >= 4 is 17.2 Å². The predicted molar refractivity (Wildman–Crippen MR) is 154 cm³/mol. The molecule has 0 spiro atoms. The number of benzene rings is 3. The van der Waals surface area contributed by atoms with Crippen LogP contribution in [0.2, 0.25) is 0 Å². The summed E-state index contributed by atoms with van der Waals surface area (Å²) in [6.45, 7) is 3.66. The number of unbranched alkanes of at least 4 members (excludes halogenated alkanes) is 5. The number of aromatic hydroxyl groups is 2. The molecule has 0 aliphatic carbocycles. The first kappa shape index (κ1) is 27.5. The van der Waals surface area contributed by atoms with Crippen LogP contribution >= 0.6 is 0 Å². The number of hydrogen-bond donors (Lipinski definition) is 3. The lowest BCUT2D eigenvalue weighted by atomic mass is 9.86. The highest BCUT2D eigenvalue weighted by molar-refractivity contribution is 5.95. The molecule has 0 aromatic heterocycles. The summed E-state index contributed by atoms with van der Waals surface area (Å²) >= 11 is 0. The maximum atomic E-state index is 12.1. The van der Waals surface area contributed by atoms with Gasteiger partial charge in [0.15, 0.2) is 0 Å². The first-order chi connectivity index (χ1) is 18.6. The van der Waals surface area contributed by atoms with Gasteiger partial charge in [0.1, 0.15) is 23.4 Å². The Morgan fingerprint density at radius 1 is 0.868 bits per heavy atom. The zero-order valence-electron chi connectivity index (χ0n) is 22.1. The lowest BCUT2D eigenvalue weighted by molar-refractivity contribution is 0.259. The Hall–Kier alpha value is -3.57. The van der Waals surface area contributed by atoms with Crippen LogP contribution in [0.15, 0.2) is 72.8 Å². The van der Waals surface area contributed by atoms with Crippen molar-refractivity contribution in [2.45, 2.75) is 51.6 Å². The van der Waals surface area contributed by atoms with Gasteiger partial charge in [-0.2, -0.15) is 0 Å². The van der Waals surface area contributed by atoms with Gasteiger partial charge >= 0.3 is 0 Å². The van der Waals surface area contributed by atoms with Crippen molar-refractivity contribution in [3.8, 4) is 17.2 Å². The summed E-state index contributed by atoms with van der Waals surface area (Å²) in [5.41, 5.74) is 5.84. The van der Waals surface area contributed by atoms with Crippen molar-refractivity contribution in [3.05, 3.63) is 95.1 Å². The van der Waals surface area contributed by atoms with Gasteiger partial charge in [-0.05, 0) is 78.9 Å². The molecule has 1 atom stereocenters. The van der Waals surface area contributed by atoms with Crippen LogP contribution in [-0.2, 0) is 0 Å². The molecule has 38 heavy (non-hydrogen) atoms. The Morgan fingerprint density at radius 3 is 2.37 bits per heavy atom. The van der Waals surface area contributed by atoms with Gasteiger partial charge in [0.25, 0.3) is 0 Å². The minimum atomic E-state index is -0.342. The molecule has 0 bridgehead atoms. The van der Waals surface area contributed by atoms with Gasteiger partial charge in [0.2, 0.25) is 0 Å². The van der Waals surface area contributed by atoms with Gasteiger partial charge in [-0.25, -0.2) is 0 Å². The average Bonchev–Trinajstić information content (AvgIpc) is 2.92. The van der Waals surface area contributed by atoms with Crippen LogP contribution in [-0.4, -0.2) is 30.0 Å². The number of phenolic OH excluding ortho intramolecular Hbond substituents is 2. The number of rotatable bonds is 13. The number of ether oxygens (including phenoxy) is 1. The minimum Gasteiger partial charge on any atom is -0.508 e. The summed E-state index contributed by atoms with van der Waals surface area (Å²) in [5, 5.41) is 23.7. The number of nitrogens with one attached hydrogen (secondary N) is 1. The summed E-state index contributed by atoms with van der Waals surface area (Å²) in [7, 11) is 0. The lowest BCUT2D eigenvalue weighted by Gasteiger charge is -2.31. The summed E-state index contributed by atoms with van der Waals surface area (Å²) in [5.74, 6) is 1.12. The standard InChI is InChI=1S/C33H38FNO3/c1-24-30-23-29(37)17-18-31(30)38-33(32(24)27-11-8-12-28(36)22-27)26-15-13-25(14-16-26)10-9-21-35-20-7-5-3-2-4-6-19-34/h8-18,22-23,33,35-37H,2-7,19-21H2,1H3/b10-9-. The van der Waals surface area contributed by atoms with Gasteiger partial charge in [-0.15, -0.1) is 0 Å². The zero-order chi connectivity index (χ0) is 26.7. The molecule has 3 N–H and O–H groups in total. The molecule has 1 aliphatic rings. The smallest absolute Gasteiger partial charge is 0.150 e. The molecular formula is C33H38FNO3. The summed E-state index contributed by atoms with van der Waals surface area (Å²) < 4.78 is 18.6. The van der Waals surface area contributed by atoms with E-state index in [-0.39, 0.29) is 24.3 Å². The van der Waals surface area contributed by atoms with Crippen molar-refractivity contribution in [2.75, 3.05) is 19.8 Å². The first-order valence-corrected chi connectivity index (χ1v) is 13.6. The SMILES string of the molecule is CC1=C(c2cccc(O)c2)C(c2ccc(/C=C\CNCCCCCCCCF)cc2)Oc2ccc(O)cc21. The van der Waals surface area contributed by atoms with Gasteiger partial charge in [-0.3, -0.25) is 4.39 Å². The van der Waals surface area contributed by atoms with E-state index in [1.165, 1.54) is 12.8 Å². The van der Waals surface area contributed by atoms with Crippen molar-refractivity contribution < 1.29 is 19.3 Å². The van der Waals surface area contributed by atoms with E-state index in [1.807, 2.05) is 19.1 Å². The van der Waals surface area contributed by atoms with Crippen LogP contribution in [0.5, 0.6) is 17.2 Å². The first-order valence-electron chi connectivity index (χ1n) is 13.6. The van der Waals surface area contributed by atoms with E-state index in [0.29, 0.717) is 6.42 Å². The third kappa shape index (κ3) is 7.26. The molecule has 200 valence electrons. The van der Waals surface area contributed by atoms with Crippen molar-refractivity contribution in [1.29, 1.82) is 0 Å². The molecule has 0 radical (unpaired) electrons. The molecule has 0 amide bonds. The largest absolute Gasteiger partial charge is 0.508 e. The number of halogens is 1. The number of allylic oxidation sites excluding steroid dienone is 1. The molecule has 4 nitrogen and oxygen atoms in total. The fourth-order valence-corrected chi connectivity index (χ4v) is 4.93. The summed E-state index contributed by atoms with van der Waals surface area (Å²) in [6, 6.07) is 20.7. The molecule has 1 aliphatic heterocycles. The average molecular weight is 516 g/mol. The van der Waals surface area contributed by atoms with E-state index in [2.05, 4.69) is 41.7 Å². The molecule has 3 aromatic rings. The Bertz CT molecular complexity index is 1250. The van der Waals surface area contributed by atoms with Crippen molar-refractivity contribution in [2.24, 2.45) is 0 Å².